The van der Waals surface area contributed by atoms with Crippen LogP contribution in [0.15, 0.2) is 42.6 Å². The number of amides is 2. The van der Waals surface area contributed by atoms with Gasteiger partial charge < -0.3 is 10.2 Å². The van der Waals surface area contributed by atoms with E-state index in [1.807, 2.05) is 31.2 Å². The largest absolute Gasteiger partial charge is 0.337 e. The molecule has 0 unspecified atom stereocenters. The van der Waals surface area contributed by atoms with Crippen molar-refractivity contribution in [1.82, 2.24) is 9.88 Å². The molecule has 0 spiro atoms. The number of benzene rings is 1. The summed E-state index contributed by atoms with van der Waals surface area (Å²) in [5.74, 6) is -0.256. The molecule has 2 rings (SSSR count). The third kappa shape index (κ3) is 5.35. The van der Waals surface area contributed by atoms with Crippen LogP contribution < -0.4 is 5.32 Å². The van der Waals surface area contributed by atoms with Gasteiger partial charge in [0.1, 0.15) is 0 Å². The summed E-state index contributed by atoms with van der Waals surface area (Å²) in [5, 5.41) is 3.40. The number of carbonyl (C=O) groups excluding carboxylic acids is 2. The molecule has 0 bridgehead atoms. The summed E-state index contributed by atoms with van der Waals surface area (Å²) in [7, 11) is 0. The normalized spacial score (nSPS) is 10.3. The number of carbonyl (C=O) groups is 2. The molecule has 0 saturated carbocycles. The van der Waals surface area contributed by atoms with Crippen LogP contribution in [0.25, 0.3) is 0 Å². The number of hydrogen-bond donors (Lipinski definition) is 1. The van der Waals surface area contributed by atoms with Gasteiger partial charge in [0.15, 0.2) is 0 Å². The standard InChI is InChI=1S/C18H20ClN3O2/c1-13-6-7-15(11-17(13)19)21-18(24)8-10-22(14(2)23)12-16-5-3-4-9-20-16/h3-7,9,11H,8,10,12H2,1-2H3,(H,21,24). The first kappa shape index (κ1) is 17.9. The van der Waals surface area contributed by atoms with E-state index in [2.05, 4.69) is 10.3 Å². The lowest BCUT2D eigenvalue weighted by Crippen LogP contribution is -2.31. The maximum atomic E-state index is 12.1. The first-order valence-corrected chi connectivity index (χ1v) is 8.05. The number of pyridine rings is 1. The molecular formula is C18H20ClN3O2. The summed E-state index contributed by atoms with van der Waals surface area (Å²) in [5.41, 5.74) is 2.39. The van der Waals surface area contributed by atoms with Crippen LogP contribution in [0.3, 0.4) is 0 Å². The number of nitrogens with one attached hydrogen (secondary N) is 1. The van der Waals surface area contributed by atoms with E-state index in [-0.39, 0.29) is 18.2 Å². The number of aryl methyl sites for hydroxylation is 1. The fourth-order valence-corrected chi connectivity index (χ4v) is 2.35. The van der Waals surface area contributed by atoms with Gasteiger partial charge in [-0.25, -0.2) is 0 Å². The van der Waals surface area contributed by atoms with Crippen LogP contribution in [0.2, 0.25) is 5.02 Å². The molecule has 1 N–H and O–H groups in total. The molecule has 1 heterocycles. The number of nitrogens with zero attached hydrogens (tertiary/aromatic N) is 2. The second-order valence-corrected chi connectivity index (χ2v) is 5.93. The summed E-state index contributed by atoms with van der Waals surface area (Å²) in [6.45, 7) is 4.11. The highest BCUT2D eigenvalue weighted by molar-refractivity contribution is 6.31. The van der Waals surface area contributed by atoms with Gasteiger partial charge in [0.2, 0.25) is 11.8 Å². The van der Waals surface area contributed by atoms with Gasteiger partial charge in [0.05, 0.1) is 12.2 Å². The smallest absolute Gasteiger partial charge is 0.226 e. The van der Waals surface area contributed by atoms with Gasteiger partial charge in [0, 0.05) is 36.8 Å². The summed E-state index contributed by atoms with van der Waals surface area (Å²) in [6, 6.07) is 10.9. The Morgan fingerprint density at radius 1 is 1.25 bits per heavy atom. The lowest BCUT2D eigenvalue weighted by molar-refractivity contribution is -0.130. The second kappa shape index (κ2) is 8.45. The monoisotopic (exact) mass is 345 g/mol. The molecule has 2 aromatic rings. The molecule has 2 amide bonds. The van der Waals surface area contributed by atoms with Crippen molar-refractivity contribution in [3.8, 4) is 0 Å². The third-order valence-electron chi connectivity index (χ3n) is 3.59. The molecule has 5 nitrogen and oxygen atoms in total. The van der Waals surface area contributed by atoms with Gasteiger partial charge in [-0.05, 0) is 36.8 Å². The van der Waals surface area contributed by atoms with E-state index in [0.717, 1.165) is 11.3 Å². The summed E-state index contributed by atoms with van der Waals surface area (Å²) >= 11 is 6.05. The zero-order chi connectivity index (χ0) is 17.5. The fourth-order valence-electron chi connectivity index (χ4n) is 2.17. The highest BCUT2D eigenvalue weighted by atomic mass is 35.5. The van der Waals surface area contributed by atoms with Crippen LogP contribution in [0.5, 0.6) is 0 Å². The quantitative estimate of drug-likeness (QED) is 0.872. The molecule has 24 heavy (non-hydrogen) atoms. The number of hydrogen-bond acceptors (Lipinski definition) is 3. The van der Waals surface area contributed by atoms with Gasteiger partial charge in [-0.1, -0.05) is 23.7 Å². The van der Waals surface area contributed by atoms with Gasteiger partial charge in [0.25, 0.3) is 0 Å². The van der Waals surface area contributed by atoms with E-state index in [4.69, 9.17) is 11.6 Å². The Hall–Kier alpha value is -2.40. The lowest BCUT2D eigenvalue weighted by atomic mass is 10.2. The molecule has 1 aromatic carbocycles. The minimum atomic E-state index is -0.165. The molecule has 0 fully saturated rings. The molecule has 0 aliphatic carbocycles. The lowest BCUT2D eigenvalue weighted by Gasteiger charge is -2.20. The van der Waals surface area contributed by atoms with Crippen LogP contribution >= 0.6 is 11.6 Å². The van der Waals surface area contributed by atoms with E-state index in [9.17, 15) is 9.59 Å². The molecule has 1 aromatic heterocycles. The van der Waals surface area contributed by atoms with Crippen molar-refractivity contribution in [2.45, 2.75) is 26.8 Å². The highest BCUT2D eigenvalue weighted by Gasteiger charge is 2.12. The highest BCUT2D eigenvalue weighted by Crippen LogP contribution is 2.20. The predicted molar refractivity (Wildman–Crippen MR) is 94.8 cm³/mol. The molecule has 126 valence electrons. The summed E-state index contributed by atoms with van der Waals surface area (Å²) in [4.78, 5) is 29.6. The summed E-state index contributed by atoms with van der Waals surface area (Å²) < 4.78 is 0. The minimum absolute atomic E-state index is 0.0909. The Morgan fingerprint density at radius 3 is 2.67 bits per heavy atom. The topological polar surface area (TPSA) is 62.3 Å². The van der Waals surface area contributed by atoms with Crippen LogP contribution in [0.4, 0.5) is 5.69 Å². The zero-order valence-corrected chi connectivity index (χ0v) is 14.5. The van der Waals surface area contributed by atoms with E-state index in [0.29, 0.717) is 23.8 Å². The summed E-state index contributed by atoms with van der Waals surface area (Å²) in [6.07, 6.45) is 1.89. The molecule has 0 saturated heterocycles. The number of aromatic nitrogens is 1. The second-order valence-electron chi connectivity index (χ2n) is 5.52. The predicted octanol–water partition coefficient (Wildman–Crippen LogP) is 3.42. The molecule has 0 atom stereocenters. The van der Waals surface area contributed by atoms with Gasteiger partial charge in [-0.15, -0.1) is 0 Å². The zero-order valence-electron chi connectivity index (χ0n) is 13.8. The van der Waals surface area contributed by atoms with Gasteiger partial charge >= 0.3 is 0 Å². The first-order chi connectivity index (χ1) is 11.5. The van der Waals surface area contributed by atoms with Crippen molar-refractivity contribution in [3.05, 3.63) is 58.9 Å². The molecule has 6 heteroatoms. The van der Waals surface area contributed by atoms with Crippen molar-refractivity contribution in [2.75, 3.05) is 11.9 Å². The maximum absolute atomic E-state index is 12.1. The molecule has 0 aliphatic heterocycles. The Bertz CT molecular complexity index is 719. The minimum Gasteiger partial charge on any atom is -0.337 e. The Balaban J connectivity index is 1.90. The molecule has 0 aliphatic rings. The van der Waals surface area contributed by atoms with Crippen molar-refractivity contribution in [1.29, 1.82) is 0 Å². The Morgan fingerprint density at radius 2 is 2.04 bits per heavy atom. The molecule has 0 radical (unpaired) electrons. The Labute approximate surface area is 146 Å². The van der Waals surface area contributed by atoms with Gasteiger partial charge in [-0.3, -0.25) is 14.6 Å². The van der Waals surface area contributed by atoms with Crippen molar-refractivity contribution in [3.63, 3.8) is 0 Å². The van der Waals surface area contributed by atoms with Crippen LogP contribution in [-0.2, 0) is 16.1 Å². The fraction of sp³-hybridized carbons (Fsp3) is 0.278. The average molecular weight is 346 g/mol. The van der Waals surface area contributed by atoms with E-state index >= 15 is 0 Å². The maximum Gasteiger partial charge on any atom is 0.226 e. The Kier molecular flexibility index (Phi) is 6.32. The van der Waals surface area contributed by atoms with Crippen molar-refractivity contribution < 1.29 is 9.59 Å². The average Bonchev–Trinajstić information content (AvgIpc) is 2.55. The van der Waals surface area contributed by atoms with Crippen molar-refractivity contribution in [2.24, 2.45) is 0 Å². The third-order valence-corrected chi connectivity index (χ3v) is 4.00. The SMILES string of the molecule is CC(=O)N(CCC(=O)Nc1ccc(C)c(Cl)c1)Cc1ccccn1. The number of halogens is 1. The number of rotatable bonds is 6. The van der Waals surface area contributed by atoms with E-state index in [1.165, 1.54) is 6.92 Å². The van der Waals surface area contributed by atoms with Crippen LogP contribution in [-0.4, -0.2) is 28.2 Å². The van der Waals surface area contributed by atoms with Crippen LogP contribution in [0.1, 0.15) is 24.6 Å². The first-order valence-electron chi connectivity index (χ1n) is 7.67. The van der Waals surface area contributed by atoms with Crippen LogP contribution in [0, 0.1) is 6.92 Å². The van der Waals surface area contributed by atoms with E-state index in [1.54, 1.807) is 23.2 Å². The van der Waals surface area contributed by atoms with Crippen molar-refractivity contribution >= 4 is 29.1 Å². The number of anilines is 1. The van der Waals surface area contributed by atoms with Gasteiger partial charge in [-0.2, -0.15) is 0 Å². The van der Waals surface area contributed by atoms with E-state index < -0.39 is 0 Å². The molecular weight excluding hydrogens is 326 g/mol.